The Bertz CT molecular complexity index is 730. The zero-order chi connectivity index (χ0) is 17.3. The number of anilines is 2. The van der Waals surface area contributed by atoms with E-state index >= 15 is 0 Å². The highest BCUT2D eigenvalue weighted by Gasteiger charge is 2.24. The first kappa shape index (κ1) is 16.5. The minimum Gasteiger partial charge on any atom is -0.372 e. The van der Waals surface area contributed by atoms with Crippen LogP contribution in [-0.2, 0) is 11.8 Å². The number of rotatable bonds is 3. The van der Waals surface area contributed by atoms with E-state index in [1.165, 1.54) is 0 Å². The molecule has 1 fully saturated rings. The first-order valence-corrected chi connectivity index (χ1v) is 8.25. The number of amides is 1. The van der Waals surface area contributed by atoms with Gasteiger partial charge < -0.3 is 15.0 Å². The Morgan fingerprint density at radius 1 is 1.25 bits per heavy atom. The molecule has 24 heavy (non-hydrogen) atoms. The zero-order valence-electron chi connectivity index (χ0n) is 14.6. The van der Waals surface area contributed by atoms with Gasteiger partial charge in [0.1, 0.15) is 5.69 Å². The van der Waals surface area contributed by atoms with Crippen LogP contribution in [0.2, 0.25) is 0 Å². The summed E-state index contributed by atoms with van der Waals surface area (Å²) in [5.74, 6) is -0.153. The summed E-state index contributed by atoms with van der Waals surface area (Å²) in [7, 11) is 1.78. The van der Waals surface area contributed by atoms with Crippen LogP contribution < -0.4 is 10.2 Å². The number of morpholine rings is 1. The number of benzene rings is 1. The highest BCUT2D eigenvalue weighted by Crippen LogP contribution is 2.28. The minimum absolute atomic E-state index is 0.153. The average Bonchev–Trinajstić information content (AvgIpc) is 2.85. The van der Waals surface area contributed by atoms with Gasteiger partial charge in [0.15, 0.2) is 0 Å². The van der Waals surface area contributed by atoms with Crippen LogP contribution in [0.1, 0.15) is 30.0 Å². The summed E-state index contributed by atoms with van der Waals surface area (Å²) in [5, 5.41) is 7.26. The van der Waals surface area contributed by atoms with Gasteiger partial charge in [-0.3, -0.25) is 9.48 Å². The Balaban J connectivity index is 1.84. The first-order chi connectivity index (χ1) is 11.4. The number of hydrogen-bond acceptors (Lipinski definition) is 4. The highest BCUT2D eigenvalue weighted by molar-refractivity contribution is 6.05. The lowest BCUT2D eigenvalue weighted by molar-refractivity contribution is -0.00517. The monoisotopic (exact) mass is 328 g/mol. The Hall–Kier alpha value is -2.34. The standard InChI is InChI=1S/C18H24N4O2/c1-12-9-17(21(4)20-12)18(23)19-15-7-5-6-8-16(15)22-10-13(2)24-14(3)11-22/h5-9,13-14H,10-11H2,1-4H3,(H,19,23). The maximum absolute atomic E-state index is 12.6. The van der Waals surface area contributed by atoms with Crippen LogP contribution in [0.25, 0.3) is 0 Å². The predicted molar refractivity (Wildman–Crippen MR) is 94.6 cm³/mol. The predicted octanol–water partition coefficient (Wildman–Crippen LogP) is 2.59. The summed E-state index contributed by atoms with van der Waals surface area (Å²) in [6, 6.07) is 9.68. The summed E-state index contributed by atoms with van der Waals surface area (Å²) in [4.78, 5) is 14.9. The Morgan fingerprint density at radius 2 is 1.92 bits per heavy atom. The quantitative estimate of drug-likeness (QED) is 0.941. The number of aromatic nitrogens is 2. The van der Waals surface area contributed by atoms with Crippen LogP contribution >= 0.6 is 0 Å². The van der Waals surface area contributed by atoms with E-state index in [9.17, 15) is 4.79 Å². The summed E-state index contributed by atoms with van der Waals surface area (Å²) >= 11 is 0. The molecule has 2 heterocycles. The van der Waals surface area contributed by atoms with Crippen molar-refractivity contribution in [1.82, 2.24) is 9.78 Å². The van der Waals surface area contributed by atoms with Crippen molar-refractivity contribution in [2.24, 2.45) is 7.05 Å². The first-order valence-electron chi connectivity index (χ1n) is 8.25. The molecule has 0 radical (unpaired) electrons. The van der Waals surface area contributed by atoms with Gasteiger partial charge in [0.2, 0.25) is 0 Å². The molecule has 1 aromatic heterocycles. The molecule has 0 spiro atoms. The van der Waals surface area contributed by atoms with Gasteiger partial charge in [-0.15, -0.1) is 0 Å². The van der Waals surface area contributed by atoms with Crippen molar-refractivity contribution in [3.63, 3.8) is 0 Å². The summed E-state index contributed by atoms with van der Waals surface area (Å²) in [6.45, 7) is 7.63. The van der Waals surface area contributed by atoms with Gasteiger partial charge in [0.05, 0.1) is 29.3 Å². The van der Waals surface area contributed by atoms with Crippen molar-refractivity contribution in [3.05, 3.63) is 41.7 Å². The third kappa shape index (κ3) is 3.43. The molecule has 3 rings (SSSR count). The number of carbonyl (C=O) groups is 1. The molecule has 1 aromatic carbocycles. The molecule has 1 aliphatic heterocycles. The minimum atomic E-state index is -0.153. The van der Waals surface area contributed by atoms with E-state index in [2.05, 4.69) is 29.2 Å². The second kappa shape index (κ2) is 6.65. The maximum atomic E-state index is 12.6. The van der Waals surface area contributed by atoms with Gasteiger partial charge >= 0.3 is 0 Å². The normalized spacial score (nSPS) is 20.9. The largest absolute Gasteiger partial charge is 0.372 e. The number of aryl methyl sites for hydroxylation is 2. The van der Waals surface area contributed by atoms with E-state index in [0.717, 1.165) is 30.2 Å². The molecule has 128 valence electrons. The van der Waals surface area contributed by atoms with Crippen molar-refractivity contribution in [2.45, 2.75) is 33.0 Å². The van der Waals surface area contributed by atoms with Gasteiger partial charge in [-0.05, 0) is 39.0 Å². The summed E-state index contributed by atoms with van der Waals surface area (Å²) in [6.07, 6.45) is 0.328. The van der Waals surface area contributed by atoms with E-state index in [1.54, 1.807) is 17.8 Å². The van der Waals surface area contributed by atoms with Gasteiger partial charge in [-0.25, -0.2) is 0 Å². The molecule has 1 N–H and O–H groups in total. The van der Waals surface area contributed by atoms with E-state index in [1.807, 2.05) is 31.2 Å². The molecular formula is C18H24N4O2. The lowest BCUT2D eigenvalue weighted by atomic mass is 10.1. The fraction of sp³-hybridized carbons (Fsp3) is 0.444. The van der Waals surface area contributed by atoms with Gasteiger partial charge in [-0.2, -0.15) is 5.10 Å². The highest BCUT2D eigenvalue weighted by atomic mass is 16.5. The van der Waals surface area contributed by atoms with Crippen LogP contribution in [0.5, 0.6) is 0 Å². The van der Waals surface area contributed by atoms with Crippen molar-refractivity contribution in [2.75, 3.05) is 23.3 Å². The number of hydrogen-bond donors (Lipinski definition) is 1. The lowest BCUT2D eigenvalue weighted by Gasteiger charge is -2.37. The summed E-state index contributed by atoms with van der Waals surface area (Å²) < 4.78 is 7.41. The van der Waals surface area contributed by atoms with Gasteiger partial charge in [-0.1, -0.05) is 12.1 Å². The Labute approximate surface area is 142 Å². The molecule has 6 heteroatoms. The van der Waals surface area contributed by atoms with Crippen molar-refractivity contribution >= 4 is 17.3 Å². The Morgan fingerprint density at radius 3 is 2.54 bits per heavy atom. The van der Waals surface area contributed by atoms with Crippen LogP contribution in [0.3, 0.4) is 0 Å². The van der Waals surface area contributed by atoms with Crippen molar-refractivity contribution < 1.29 is 9.53 Å². The smallest absolute Gasteiger partial charge is 0.273 e. The average molecular weight is 328 g/mol. The topological polar surface area (TPSA) is 59.4 Å². The summed E-state index contributed by atoms with van der Waals surface area (Å²) in [5.41, 5.74) is 3.20. The van der Waals surface area contributed by atoms with Crippen molar-refractivity contribution in [3.8, 4) is 0 Å². The molecular weight excluding hydrogens is 304 g/mol. The fourth-order valence-corrected chi connectivity index (χ4v) is 3.24. The molecule has 0 saturated carbocycles. The maximum Gasteiger partial charge on any atom is 0.273 e. The van der Waals surface area contributed by atoms with Crippen LogP contribution in [0.4, 0.5) is 11.4 Å². The van der Waals surface area contributed by atoms with E-state index < -0.39 is 0 Å². The van der Waals surface area contributed by atoms with Gasteiger partial charge in [0.25, 0.3) is 5.91 Å². The lowest BCUT2D eigenvalue weighted by Crippen LogP contribution is -2.45. The molecule has 0 aliphatic carbocycles. The number of carbonyl (C=O) groups excluding carboxylic acids is 1. The third-order valence-electron chi connectivity index (χ3n) is 4.15. The number of para-hydroxylation sites is 2. The van der Waals surface area contributed by atoms with Crippen LogP contribution in [0.15, 0.2) is 30.3 Å². The molecule has 1 saturated heterocycles. The molecule has 6 nitrogen and oxygen atoms in total. The van der Waals surface area contributed by atoms with Crippen LogP contribution in [0, 0.1) is 6.92 Å². The van der Waals surface area contributed by atoms with E-state index in [-0.39, 0.29) is 18.1 Å². The van der Waals surface area contributed by atoms with E-state index in [4.69, 9.17) is 4.74 Å². The molecule has 2 atom stereocenters. The molecule has 0 bridgehead atoms. The Kier molecular flexibility index (Phi) is 4.57. The molecule has 1 amide bonds. The molecule has 2 unspecified atom stereocenters. The SMILES string of the molecule is Cc1cc(C(=O)Nc2ccccc2N2CC(C)OC(C)C2)n(C)n1. The van der Waals surface area contributed by atoms with Gasteiger partial charge in [0, 0.05) is 20.1 Å². The van der Waals surface area contributed by atoms with Crippen LogP contribution in [-0.4, -0.2) is 41.0 Å². The zero-order valence-corrected chi connectivity index (χ0v) is 14.6. The second-order valence-corrected chi connectivity index (χ2v) is 6.43. The number of nitrogens with one attached hydrogen (secondary N) is 1. The number of ether oxygens (including phenoxy) is 1. The van der Waals surface area contributed by atoms with Crippen molar-refractivity contribution in [1.29, 1.82) is 0 Å². The number of nitrogens with zero attached hydrogens (tertiary/aromatic N) is 3. The molecule has 2 aromatic rings. The fourth-order valence-electron chi connectivity index (χ4n) is 3.24. The second-order valence-electron chi connectivity index (χ2n) is 6.43. The third-order valence-corrected chi connectivity index (χ3v) is 4.15. The van der Waals surface area contributed by atoms with E-state index in [0.29, 0.717) is 5.69 Å². The molecule has 1 aliphatic rings.